The van der Waals surface area contributed by atoms with Gasteiger partial charge in [0.05, 0.1) is 6.42 Å². The van der Waals surface area contributed by atoms with Crippen molar-refractivity contribution in [3.05, 3.63) is 53.1 Å². The summed E-state index contributed by atoms with van der Waals surface area (Å²) in [4.78, 5) is 12.2. The summed E-state index contributed by atoms with van der Waals surface area (Å²) >= 11 is 5.13. The Morgan fingerprint density at radius 1 is 1.52 bits per heavy atom. The van der Waals surface area contributed by atoms with Gasteiger partial charge in [-0.05, 0) is 30.3 Å². The van der Waals surface area contributed by atoms with E-state index in [1.807, 2.05) is 24.3 Å². The summed E-state index contributed by atoms with van der Waals surface area (Å²) in [6, 6.07) is 7.77. The van der Waals surface area contributed by atoms with Crippen LogP contribution in [0.1, 0.15) is 18.3 Å². The van der Waals surface area contributed by atoms with Crippen molar-refractivity contribution in [2.24, 2.45) is 0 Å². The van der Waals surface area contributed by atoms with Gasteiger partial charge in [-0.3, -0.25) is 14.5 Å². The van der Waals surface area contributed by atoms with E-state index in [0.29, 0.717) is 17.1 Å². The molecular weight excluding hydrogens is 284 g/mol. The number of rotatable bonds is 6. The van der Waals surface area contributed by atoms with Gasteiger partial charge in [-0.15, -0.1) is 6.58 Å². The average Bonchev–Trinajstić information content (AvgIpc) is 2.81. The van der Waals surface area contributed by atoms with Crippen LogP contribution >= 0.6 is 12.2 Å². The standard InChI is InChI=1S/C15H18N4OS/c1-3-9-19-13(17-18-15(19)21)10-14(20)16-12-8-6-5-7-11(12)4-2/h3,5-8H,1,4,9-10H2,2H3,(H,16,20)(H,18,21). The lowest BCUT2D eigenvalue weighted by Crippen LogP contribution is -2.18. The number of H-pyrrole nitrogens is 1. The molecule has 2 aromatic rings. The molecule has 6 heteroatoms. The molecule has 0 radical (unpaired) electrons. The zero-order valence-electron chi connectivity index (χ0n) is 11.9. The minimum atomic E-state index is -0.116. The van der Waals surface area contributed by atoms with Gasteiger partial charge in [-0.2, -0.15) is 5.10 Å². The van der Waals surface area contributed by atoms with Crippen LogP contribution in [0.3, 0.4) is 0 Å². The van der Waals surface area contributed by atoms with Crippen LogP contribution in [0.25, 0.3) is 0 Å². The van der Waals surface area contributed by atoms with Gasteiger partial charge in [0.2, 0.25) is 5.91 Å². The normalized spacial score (nSPS) is 10.3. The number of anilines is 1. The van der Waals surface area contributed by atoms with Crippen molar-refractivity contribution in [1.29, 1.82) is 0 Å². The van der Waals surface area contributed by atoms with Crippen LogP contribution in [0.4, 0.5) is 5.69 Å². The lowest BCUT2D eigenvalue weighted by atomic mass is 10.1. The van der Waals surface area contributed by atoms with E-state index in [9.17, 15) is 4.79 Å². The maximum atomic E-state index is 12.2. The minimum absolute atomic E-state index is 0.116. The Morgan fingerprint density at radius 2 is 2.29 bits per heavy atom. The molecule has 110 valence electrons. The molecule has 2 rings (SSSR count). The maximum absolute atomic E-state index is 12.2. The molecule has 0 bridgehead atoms. The Labute approximate surface area is 128 Å². The van der Waals surface area contributed by atoms with Crippen LogP contribution in [-0.4, -0.2) is 20.7 Å². The first-order chi connectivity index (χ1) is 10.2. The monoisotopic (exact) mass is 302 g/mol. The molecule has 2 N–H and O–H groups in total. The summed E-state index contributed by atoms with van der Waals surface area (Å²) in [5.74, 6) is 0.488. The Hall–Kier alpha value is -2.21. The van der Waals surface area contributed by atoms with Gasteiger partial charge in [-0.25, -0.2) is 0 Å². The lowest BCUT2D eigenvalue weighted by Gasteiger charge is -2.09. The molecule has 1 aromatic carbocycles. The van der Waals surface area contributed by atoms with Crippen LogP contribution in [-0.2, 0) is 24.2 Å². The number of carbonyl (C=O) groups is 1. The molecule has 5 nitrogen and oxygen atoms in total. The van der Waals surface area contributed by atoms with E-state index in [2.05, 4.69) is 29.0 Å². The molecule has 0 atom stereocenters. The van der Waals surface area contributed by atoms with Crippen molar-refractivity contribution in [2.75, 3.05) is 5.32 Å². The molecule has 21 heavy (non-hydrogen) atoms. The number of allylic oxidation sites excluding steroid dienone is 1. The lowest BCUT2D eigenvalue weighted by molar-refractivity contribution is -0.115. The van der Waals surface area contributed by atoms with Crippen LogP contribution < -0.4 is 5.32 Å². The SMILES string of the molecule is C=CCn1c(CC(=O)Nc2ccccc2CC)n[nH]c1=S. The number of para-hydroxylation sites is 1. The zero-order chi connectivity index (χ0) is 15.2. The first kappa shape index (κ1) is 15.2. The summed E-state index contributed by atoms with van der Waals surface area (Å²) in [5, 5.41) is 9.72. The van der Waals surface area contributed by atoms with Crippen LogP contribution in [0.5, 0.6) is 0 Å². The Kier molecular flexibility index (Phi) is 5.05. The van der Waals surface area contributed by atoms with Gasteiger partial charge in [0.15, 0.2) is 4.77 Å². The molecule has 0 saturated heterocycles. The van der Waals surface area contributed by atoms with E-state index < -0.39 is 0 Å². The number of hydrogen-bond donors (Lipinski definition) is 2. The molecule has 0 fully saturated rings. The van der Waals surface area contributed by atoms with E-state index in [1.165, 1.54) is 0 Å². The quantitative estimate of drug-likeness (QED) is 0.637. The number of nitrogens with one attached hydrogen (secondary N) is 2. The average molecular weight is 302 g/mol. The summed E-state index contributed by atoms with van der Waals surface area (Å²) in [5.41, 5.74) is 1.95. The van der Waals surface area contributed by atoms with E-state index in [0.717, 1.165) is 17.7 Å². The fourth-order valence-electron chi connectivity index (χ4n) is 2.09. The topological polar surface area (TPSA) is 62.7 Å². The number of aromatic amines is 1. The minimum Gasteiger partial charge on any atom is -0.325 e. The number of aromatic nitrogens is 3. The predicted octanol–water partition coefficient (Wildman–Crippen LogP) is 2.87. The number of hydrogen-bond acceptors (Lipinski definition) is 3. The third kappa shape index (κ3) is 3.66. The van der Waals surface area contributed by atoms with Gasteiger partial charge in [0.1, 0.15) is 5.82 Å². The molecule has 0 spiro atoms. The molecule has 0 saturated carbocycles. The molecule has 0 aliphatic rings. The van der Waals surface area contributed by atoms with E-state index in [1.54, 1.807) is 10.6 Å². The van der Waals surface area contributed by atoms with Crippen LogP contribution in [0, 0.1) is 4.77 Å². The van der Waals surface area contributed by atoms with Crippen molar-refractivity contribution < 1.29 is 4.79 Å². The van der Waals surface area contributed by atoms with E-state index >= 15 is 0 Å². The second-order valence-electron chi connectivity index (χ2n) is 4.58. The third-order valence-electron chi connectivity index (χ3n) is 3.14. The molecule has 0 unspecified atom stereocenters. The fraction of sp³-hybridized carbons (Fsp3) is 0.267. The first-order valence-electron chi connectivity index (χ1n) is 6.78. The summed E-state index contributed by atoms with van der Waals surface area (Å²) in [6.07, 6.45) is 2.75. The van der Waals surface area contributed by atoms with Gasteiger partial charge in [0, 0.05) is 12.2 Å². The van der Waals surface area contributed by atoms with Crippen molar-refractivity contribution in [1.82, 2.24) is 14.8 Å². The van der Waals surface area contributed by atoms with Crippen molar-refractivity contribution in [2.45, 2.75) is 26.3 Å². The van der Waals surface area contributed by atoms with Crippen molar-refractivity contribution in [3.63, 3.8) is 0 Å². The number of benzene rings is 1. The number of carbonyl (C=O) groups excluding carboxylic acids is 1. The predicted molar refractivity (Wildman–Crippen MR) is 85.8 cm³/mol. The number of amides is 1. The largest absolute Gasteiger partial charge is 0.325 e. The van der Waals surface area contributed by atoms with Crippen LogP contribution in [0.15, 0.2) is 36.9 Å². The van der Waals surface area contributed by atoms with Gasteiger partial charge in [0.25, 0.3) is 0 Å². The molecule has 0 aliphatic carbocycles. The molecule has 0 aliphatic heterocycles. The first-order valence-corrected chi connectivity index (χ1v) is 7.19. The Bertz CT molecular complexity index is 702. The van der Waals surface area contributed by atoms with Crippen molar-refractivity contribution in [3.8, 4) is 0 Å². The molecular formula is C15H18N4OS. The number of nitrogens with zero attached hydrogens (tertiary/aromatic N) is 2. The van der Waals surface area contributed by atoms with Crippen LogP contribution in [0.2, 0.25) is 0 Å². The number of aryl methyl sites for hydroxylation is 1. The Morgan fingerprint density at radius 3 is 3.00 bits per heavy atom. The molecule has 1 heterocycles. The highest BCUT2D eigenvalue weighted by Gasteiger charge is 2.12. The molecule has 1 amide bonds. The molecule has 1 aromatic heterocycles. The highest BCUT2D eigenvalue weighted by molar-refractivity contribution is 7.71. The summed E-state index contributed by atoms with van der Waals surface area (Å²) in [7, 11) is 0. The van der Waals surface area contributed by atoms with Gasteiger partial charge < -0.3 is 5.32 Å². The third-order valence-corrected chi connectivity index (χ3v) is 3.45. The summed E-state index contributed by atoms with van der Waals surface area (Å²) in [6.45, 7) is 6.27. The van der Waals surface area contributed by atoms with Gasteiger partial charge in [-0.1, -0.05) is 31.2 Å². The van der Waals surface area contributed by atoms with Crippen molar-refractivity contribution >= 4 is 23.8 Å². The van der Waals surface area contributed by atoms with E-state index in [-0.39, 0.29) is 12.3 Å². The maximum Gasteiger partial charge on any atom is 0.232 e. The zero-order valence-corrected chi connectivity index (χ0v) is 12.7. The summed E-state index contributed by atoms with van der Waals surface area (Å²) < 4.78 is 2.25. The smallest absolute Gasteiger partial charge is 0.232 e. The Balaban J connectivity index is 2.12. The van der Waals surface area contributed by atoms with Gasteiger partial charge >= 0.3 is 0 Å². The highest BCUT2D eigenvalue weighted by Crippen LogP contribution is 2.15. The highest BCUT2D eigenvalue weighted by atomic mass is 32.1. The second-order valence-corrected chi connectivity index (χ2v) is 4.97. The fourth-order valence-corrected chi connectivity index (χ4v) is 2.32. The second kappa shape index (κ2) is 6.99. The van der Waals surface area contributed by atoms with E-state index in [4.69, 9.17) is 12.2 Å².